The van der Waals surface area contributed by atoms with Gasteiger partial charge in [0.2, 0.25) is 0 Å². The first-order valence-electron chi connectivity index (χ1n) is 7.13. The lowest BCUT2D eigenvalue weighted by atomic mass is 10.2. The van der Waals surface area contributed by atoms with Crippen LogP contribution in [0.3, 0.4) is 0 Å². The monoisotopic (exact) mass is 322 g/mol. The standard InChI is InChI=1S/C17H14N4O3/c1-24-15-6-8-17(19-11-15)16-7-5-13(10-18-16)20-12-3-2-4-14(9-12)21(22)23/h2-11,20H,1H3. The van der Waals surface area contributed by atoms with Crippen molar-refractivity contribution in [1.29, 1.82) is 0 Å². The van der Waals surface area contributed by atoms with E-state index >= 15 is 0 Å². The van der Waals surface area contributed by atoms with Crippen LogP contribution in [-0.4, -0.2) is 22.0 Å². The van der Waals surface area contributed by atoms with Crippen molar-refractivity contribution in [3.05, 3.63) is 71.0 Å². The molecule has 7 heteroatoms. The Balaban J connectivity index is 1.76. The first-order chi connectivity index (χ1) is 11.7. The third kappa shape index (κ3) is 3.46. The van der Waals surface area contributed by atoms with Gasteiger partial charge in [0.1, 0.15) is 5.75 Å². The minimum Gasteiger partial charge on any atom is -0.495 e. The molecule has 1 aromatic carbocycles. The molecule has 0 bridgehead atoms. The van der Waals surface area contributed by atoms with E-state index in [9.17, 15) is 10.1 Å². The maximum Gasteiger partial charge on any atom is 0.271 e. The van der Waals surface area contributed by atoms with Crippen LogP contribution < -0.4 is 10.1 Å². The van der Waals surface area contributed by atoms with Gasteiger partial charge in [-0.2, -0.15) is 0 Å². The first-order valence-corrected chi connectivity index (χ1v) is 7.13. The van der Waals surface area contributed by atoms with E-state index in [1.54, 1.807) is 31.6 Å². The van der Waals surface area contributed by atoms with Crippen LogP contribution in [-0.2, 0) is 0 Å². The van der Waals surface area contributed by atoms with E-state index in [0.29, 0.717) is 11.4 Å². The topological polar surface area (TPSA) is 90.2 Å². The van der Waals surface area contributed by atoms with Crippen molar-refractivity contribution < 1.29 is 9.66 Å². The lowest BCUT2D eigenvalue weighted by molar-refractivity contribution is -0.384. The molecule has 7 nitrogen and oxygen atoms in total. The molecule has 0 aliphatic heterocycles. The molecule has 1 N–H and O–H groups in total. The number of nitrogens with one attached hydrogen (secondary N) is 1. The number of benzene rings is 1. The zero-order valence-electron chi connectivity index (χ0n) is 12.8. The molecule has 0 aliphatic carbocycles. The van der Waals surface area contributed by atoms with Crippen LogP contribution in [0.1, 0.15) is 0 Å². The van der Waals surface area contributed by atoms with Crippen LogP contribution in [0.25, 0.3) is 11.4 Å². The van der Waals surface area contributed by atoms with Crippen molar-refractivity contribution in [1.82, 2.24) is 9.97 Å². The average molecular weight is 322 g/mol. The van der Waals surface area contributed by atoms with Gasteiger partial charge in [-0.05, 0) is 30.3 Å². The van der Waals surface area contributed by atoms with E-state index in [4.69, 9.17) is 4.74 Å². The van der Waals surface area contributed by atoms with Gasteiger partial charge in [-0.1, -0.05) is 6.07 Å². The molecule has 0 saturated carbocycles. The minimum atomic E-state index is -0.429. The summed E-state index contributed by atoms with van der Waals surface area (Å²) in [6.45, 7) is 0. The van der Waals surface area contributed by atoms with Crippen molar-refractivity contribution in [2.45, 2.75) is 0 Å². The van der Waals surface area contributed by atoms with Gasteiger partial charge in [0, 0.05) is 17.8 Å². The van der Waals surface area contributed by atoms with E-state index in [1.807, 2.05) is 24.3 Å². The highest BCUT2D eigenvalue weighted by molar-refractivity contribution is 5.64. The molecular weight excluding hydrogens is 308 g/mol. The highest BCUT2D eigenvalue weighted by Crippen LogP contribution is 2.23. The molecule has 0 radical (unpaired) electrons. The van der Waals surface area contributed by atoms with Gasteiger partial charge in [-0.15, -0.1) is 0 Å². The predicted molar refractivity (Wildman–Crippen MR) is 90.4 cm³/mol. The number of rotatable bonds is 5. The number of non-ortho nitro benzene ring substituents is 1. The lowest BCUT2D eigenvalue weighted by Gasteiger charge is -2.07. The van der Waals surface area contributed by atoms with Gasteiger partial charge in [0.05, 0.1) is 41.5 Å². The fourth-order valence-electron chi connectivity index (χ4n) is 2.14. The minimum absolute atomic E-state index is 0.0343. The summed E-state index contributed by atoms with van der Waals surface area (Å²) >= 11 is 0. The van der Waals surface area contributed by atoms with Crippen LogP contribution in [0.15, 0.2) is 60.9 Å². The number of ether oxygens (including phenoxy) is 1. The summed E-state index contributed by atoms with van der Waals surface area (Å²) in [6, 6.07) is 13.6. The molecule has 120 valence electrons. The highest BCUT2D eigenvalue weighted by Gasteiger charge is 2.06. The molecule has 0 amide bonds. The molecule has 24 heavy (non-hydrogen) atoms. The average Bonchev–Trinajstić information content (AvgIpc) is 2.63. The Morgan fingerprint density at radius 3 is 2.33 bits per heavy atom. The first kappa shape index (κ1) is 15.4. The van der Waals surface area contributed by atoms with Crippen molar-refractivity contribution in [3.63, 3.8) is 0 Å². The third-order valence-electron chi connectivity index (χ3n) is 3.34. The van der Waals surface area contributed by atoms with Gasteiger partial charge in [-0.3, -0.25) is 20.1 Å². The number of pyridine rings is 2. The largest absolute Gasteiger partial charge is 0.495 e. The number of aromatic nitrogens is 2. The predicted octanol–water partition coefficient (Wildman–Crippen LogP) is 3.80. The van der Waals surface area contributed by atoms with Crippen LogP contribution in [0.5, 0.6) is 5.75 Å². The maximum atomic E-state index is 10.8. The second-order valence-corrected chi connectivity index (χ2v) is 4.95. The molecule has 2 aromatic heterocycles. The highest BCUT2D eigenvalue weighted by atomic mass is 16.6. The van der Waals surface area contributed by atoms with Crippen molar-refractivity contribution in [3.8, 4) is 17.1 Å². The van der Waals surface area contributed by atoms with Crippen LogP contribution in [0, 0.1) is 10.1 Å². The van der Waals surface area contributed by atoms with Gasteiger partial charge in [0.15, 0.2) is 0 Å². The maximum absolute atomic E-state index is 10.8. The molecule has 3 rings (SSSR count). The molecule has 0 atom stereocenters. The molecule has 0 spiro atoms. The molecule has 3 aromatic rings. The van der Waals surface area contributed by atoms with Crippen LogP contribution >= 0.6 is 0 Å². The summed E-state index contributed by atoms with van der Waals surface area (Å²) in [5, 5.41) is 13.9. The number of hydrogen-bond acceptors (Lipinski definition) is 6. The smallest absolute Gasteiger partial charge is 0.271 e. The summed E-state index contributed by atoms with van der Waals surface area (Å²) in [7, 11) is 1.59. The van der Waals surface area contributed by atoms with E-state index < -0.39 is 4.92 Å². The molecule has 2 heterocycles. The van der Waals surface area contributed by atoms with Crippen molar-refractivity contribution in [2.75, 3.05) is 12.4 Å². The second kappa shape index (κ2) is 6.74. The normalized spacial score (nSPS) is 10.2. The number of nitrogens with zero attached hydrogens (tertiary/aromatic N) is 3. The number of hydrogen-bond donors (Lipinski definition) is 1. The fourth-order valence-corrected chi connectivity index (χ4v) is 2.14. The van der Waals surface area contributed by atoms with Gasteiger partial charge < -0.3 is 10.1 Å². The van der Waals surface area contributed by atoms with Crippen LogP contribution in [0.2, 0.25) is 0 Å². The summed E-state index contributed by atoms with van der Waals surface area (Å²) in [6.07, 6.45) is 3.28. The lowest BCUT2D eigenvalue weighted by Crippen LogP contribution is -1.94. The van der Waals surface area contributed by atoms with Gasteiger partial charge in [-0.25, -0.2) is 0 Å². The Kier molecular flexibility index (Phi) is 4.33. The summed E-state index contributed by atoms with van der Waals surface area (Å²) < 4.78 is 5.08. The van der Waals surface area contributed by atoms with Gasteiger partial charge in [0.25, 0.3) is 5.69 Å². The molecule has 0 saturated heterocycles. The third-order valence-corrected chi connectivity index (χ3v) is 3.34. The zero-order valence-corrected chi connectivity index (χ0v) is 12.8. The molecular formula is C17H14N4O3. The molecule has 0 unspecified atom stereocenters. The zero-order chi connectivity index (χ0) is 16.9. The van der Waals surface area contributed by atoms with Crippen molar-refractivity contribution in [2.24, 2.45) is 0 Å². The van der Waals surface area contributed by atoms with E-state index in [1.165, 1.54) is 12.1 Å². The van der Waals surface area contributed by atoms with Crippen molar-refractivity contribution >= 4 is 17.1 Å². The molecule has 0 fully saturated rings. The Bertz CT molecular complexity index is 848. The molecule has 0 aliphatic rings. The number of methoxy groups -OCH3 is 1. The van der Waals surface area contributed by atoms with E-state index in [2.05, 4.69) is 15.3 Å². The number of nitro groups is 1. The Morgan fingerprint density at radius 2 is 1.75 bits per heavy atom. The number of anilines is 2. The summed E-state index contributed by atoms with van der Waals surface area (Å²) in [5.74, 6) is 0.683. The summed E-state index contributed by atoms with van der Waals surface area (Å²) in [5.41, 5.74) is 2.85. The SMILES string of the molecule is COc1ccc(-c2ccc(Nc3cccc([N+](=O)[O-])c3)cn2)nc1. The Morgan fingerprint density at radius 1 is 1.00 bits per heavy atom. The Labute approximate surface area is 138 Å². The fraction of sp³-hybridized carbons (Fsp3) is 0.0588. The van der Waals surface area contributed by atoms with E-state index in [0.717, 1.165) is 17.1 Å². The van der Waals surface area contributed by atoms with E-state index in [-0.39, 0.29) is 5.69 Å². The number of nitro benzene ring substituents is 1. The van der Waals surface area contributed by atoms with Crippen LogP contribution in [0.4, 0.5) is 17.1 Å². The van der Waals surface area contributed by atoms with Gasteiger partial charge >= 0.3 is 0 Å². The summed E-state index contributed by atoms with van der Waals surface area (Å²) in [4.78, 5) is 19.0. The quantitative estimate of drug-likeness (QED) is 0.567. The Hall–Kier alpha value is -3.48. The second-order valence-electron chi connectivity index (χ2n) is 4.95.